The first kappa shape index (κ1) is 16.1. The number of aromatic nitrogens is 1. The summed E-state index contributed by atoms with van der Waals surface area (Å²) in [6, 6.07) is 1.99. The van der Waals surface area contributed by atoms with Gasteiger partial charge in [-0.3, -0.25) is 4.98 Å². The zero-order valence-corrected chi connectivity index (χ0v) is 13.8. The first-order chi connectivity index (χ1) is 9.70. The molecule has 1 fully saturated rings. The summed E-state index contributed by atoms with van der Waals surface area (Å²) in [5.41, 5.74) is 1.13. The van der Waals surface area contributed by atoms with Gasteiger partial charge in [0.1, 0.15) is 0 Å². The Morgan fingerprint density at radius 3 is 2.70 bits per heavy atom. The number of nitrogens with zero attached hydrogens (tertiary/aromatic N) is 1. The van der Waals surface area contributed by atoms with Crippen LogP contribution < -0.4 is 0 Å². The first-order valence-electron chi connectivity index (χ1n) is 7.93. The van der Waals surface area contributed by atoms with Gasteiger partial charge in [-0.25, -0.2) is 0 Å². The minimum absolute atomic E-state index is 0.210. The average molecular weight is 314 g/mol. The van der Waals surface area contributed by atoms with Crippen LogP contribution >= 0.6 is 23.2 Å². The van der Waals surface area contributed by atoms with E-state index in [1.807, 2.05) is 6.07 Å². The summed E-state index contributed by atoms with van der Waals surface area (Å²) in [5, 5.41) is 0.955. The Balaban J connectivity index is 1.80. The van der Waals surface area contributed by atoms with Gasteiger partial charge in [-0.15, -0.1) is 11.6 Å². The van der Waals surface area contributed by atoms with Crippen LogP contribution in [0.25, 0.3) is 0 Å². The molecular weight excluding hydrogens is 289 g/mol. The lowest BCUT2D eigenvalue weighted by Gasteiger charge is -2.31. The van der Waals surface area contributed by atoms with Crippen molar-refractivity contribution in [1.82, 2.24) is 4.98 Å². The molecule has 0 radical (unpaired) electrons. The fourth-order valence-electron chi connectivity index (χ4n) is 3.28. The van der Waals surface area contributed by atoms with E-state index in [1.54, 1.807) is 12.4 Å². The van der Waals surface area contributed by atoms with E-state index in [2.05, 4.69) is 11.9 Å². The van der Waals surface area contributed by atoms with Crippen LogP contribution in [0, 0.1) is 11.8 Å². The molecule has 0 N–H and O–H groups in total. The largest absolute Gasteiger partial charge is 0.263 e. The second-order valence-electron chi connectivity index (χ2n) is 6.11. The molecule has 0 aliphatic heterocycles. The quantitative estimate of drug-likeness (QED) is 0.597. The molecule has 112 valence electrons. The normalized spacial score (nSPS) is 24.6. The van der Waals surface area contributed by atoms with Crippen molar-refractivity contribution in [3.05, 3.63) is 29.0 Å². The molecule has 0 bridgehead atoms. The molecule has 1 aliphatic carbocycles. The summed E-state index contributed by atoms with van der Waals surface area (Å²) in [4.78, 5) is 4.03. The third-order valence-corrected chi connectivity index (χ3v) is 5.49. The number of alkyl halides is 1. The summed E-state index contributed by atoms with van der Waals surface area (Å²) in [5.74, 6) is 1.60. The van der Waals surface area contributed by atoms with Crippen molar-refractivity contribution in [1.29, 1.82) is 0 Å². The van der Waals surface area contributed by atoms with E-state index < -0.39 is 0 Å². The van der Waals surface area contributed by atoms with Crippen molar-refractivity contribution in [2.45, 2.75) is 63.7 Å². The first-order valence-corrected chi connectivity index (χ1v) is 8.74. The van der Waals surface area contributed by atoms with Crippen LogP contribution in [0.4, 0.5) is 0 Å². The van der Waals surface area contributed by atoms with Crippen LogP contribution in [0.2, 0.25) is 5.02 Å². The molecule has 0 saturated heterocycles. The molecule has 0 aromatic carbocycles. The lowest BCUT2D eigenvalue weighted by molar-refractivity contribution is 0.253. The van der Waals surface area contributed by atoms with Gasteiger partial charge in [0, 0.05) is 17.8 Å². The Labute approximate surface area is 133 Å². The molecule has 1 unspecified atom stereocenters. The molecule has 1 saturated carbocycles. The second kappa shape index (κ2) is 8.24. The van der Waals surface area contributed by atoms with Crippen LogP contribution in [-0.4, -0.2) is 10.4 Å². The number of pyridine rings is 1. The van der Waals surface area contributed by atoms with Crippen molar-refractivity contribution >= 4 is 23.2 Å². The maximum absolute atomic E-state index is 6.64. The zero-order chi connectivity index (χ0) is 14.4. The third-order valence-electron chi connectivity index (χ3n) is 4.64. The summed E-state index contributed by atoms with van der Waals surface area (Å²) in [7, 11) is 0. The molecule has 1 heterocycles. The van der Waals surface area contributed by atoms with Gasteiger partial charge in [-0.2, -0.15) is 0 Å². The Morgan fingerprint density at radius 1 is 1.30 bits per heavy atom. The lowest BCUT2D eigenvalue weighted by Crippen LogP contribution is -2.24. The molecule has 0 spiro atoms. The molecule has 20 heavy (non-hydrogen) atoms. The predicted molar refractivity (Wildman–Crippen MR) is 87.6 cm³/mol. The van der Waals surface area contributed by atoms with Crippen molar-refractivity contribution in [3.63, 3.8) is 0 Å². The fraction of sp³-hybridized carbons (Fsp3) is 0.706. The molecule has 1 nitrogen and oxygen atoms in total. The van der Waals surface area contributed by atoms with Crippen LogP contribution in [0.15, 0.2) is 18.5 Å². The van der Waals surface area contributed by atoms with E-state index in [9.17, 15) is 0 Å². The highest BCUT2D eigenvalue weighted by molar-refractivity contribution is 6.31. The van der Waals surface area contributed by atoms with E-state index in [-0.39, 0.29) is 5.38 Å². The average Bonchev–Trinajstić information content (AvgIpc) is 2.48. The van der Waals surface area contributed by atoms with E-state index in [4.69, 9.17) is 23.2 Å². The minimum atomic E-state index is 0.210. The topological polar surface area (TPSA) is 12.9 Å². The van der Waals surface area contributed by atoms with Gasteiger partial charge in [0.05, 0.1) is 5.02 Å². The van der Waals surface area contributed by atoms with E-state index in [1.165, 1.54) is 44.9 Å². The number of hydrogen-bond acceptors (Lipinski definition) is 1. The molecule has 1 atom stereocenters. The third kappa shape index (κ3) is 4.63. The van der Waals surface area contributed by atoms with E-state index >= 15 is 0 Å². The van der Waals surface area contributed by atoms with Gasteiger partial charge < -0.3 is 0 Å². The van der Waals surface area contributed by atoms with Crippen LogP contribution in [-0.2, 0) is 6.42 Å². The molecular formula is C17H25Cl2N. The van der Waals surface area contributed by atoms with Crippen molar-refractivity contribution in [3.8, 4) is 0 Å². The summed E-state index contributed by atoms with van der Waals surface area (Å²) in [6.07, 6.45) is 13.8. The lowest BCUT2D eigenvalue weighted by atomic mass is 9.77. The van der Waals surface area contributed by atoms with Crippen LogP contribution in [0.3, 0.4) is 0 Å². The highest BCUT2D eigenvalue weighted by Crippen LogP contribution is 2.36. The Kier molecular flexibility index (Phi) is 6.64. The van der Waals surface area contributed by atoms with Gasteiger partial charge in [0.2, 0.25) is 0 Å². The maximum Gasteiger partial charge on any atom is 0.0621 e. The van der Waals surface area contributed by atoms with Gasteiger partial charge in [0.15, 0.2) is 0 Å². The van der Waals surface area contributed by atoms with E-state index in [0.29, 0.717) is 5.92 Å². The van der Waals surface area contributed by atoms with Gasteiger partial charge in [-0.1, -0.05) is 50.6 Å². The standard InChI is InChI=1S/C17H25Cl2N/c1-2-3-4-13-5-7-14(8-6-13)16(18)11-15-9-10-20-12-17(15)19/h9-10,12-14,16H,2-8,11H2,1H3. The minimum Gasteiger partial charge on any atom is -0.263 e. The monoisotopic (exact) mass is 313 g/mol. The molecule has 1 aromatic rings. The molecule has 0 amide bonds. The Morgan fingerprint density at radius 2 is 2.05 bits per heavy atom. The zero-order valence-electron chi connectivity index (χ0n) is 12.3. The number of halogens is 2. The second-order valence-corrected chi connectivity index (χ2v) is 7.08. The Bertz CT molecular complexity index is 400. The van der Waals surface area contributed by atoms with Crippen molar-refractivity contribution in [2.75, 3.05) is 0 Å². The van der Waals surface area contributed by atoms with Crippen LogP contribution in [0.1, 0.15) is 57.4 Å². The predicted octanol–water partition coefficient (Wildman–Crippen LogP) is 5.88. The highest BCUT2D eigenvalue weighted by atomic mass is 35.5. The van der Waals surface area contributed by atoms with Gasteiger partial charge in [-0.05, 0) is 42.7 Å². The van der Waals surface area contributed by atoms with E-state index in [0.717, 1.165) is 22.9 Å². The molecule has 1 aliphatic rings. The summed E-state index contributed by atoms with van der Waals surface area (Å²) in [6.45, 7) is 2.28. The summed E-state index contributed by atoms with van der Waals surface area (Å²) < 4.78 is 0. The van der Waals surface area contributed by atoms with Gasteiger partial charge >= 0.3 is 0 Å². The number of rotatable bonds is 6. The van der Waals surface area contributed by atoms with Crippen molar-refractivity contribution in [2.24, 2.45) is 11.8 Å². The number of hydrogen-bond donors (Lipinski definition) is 0. The molecule has 1 aromatic heterocycles. The fourth-order valence-corrected chi connectivity index (χ4v) is 3.89. The van der Waals surface area contributed by atoms with Crippen LogP contribution in [0.5, 0.6) is 0 Å². The Hall–Kier alpha value is -0.270. The SMILES string of the molecule is CCCCC1CCC(C(Cl)Cc2ccncc2Cl)CC1. The van der Waals surface area contributed by atoms with Gasteiger partial charge in [0.25, 0.3) is 0 Å². The molecule has 3 heteroatoms. The maximum atomic E-state index is 6.64. The number of unbranched alkanes of at least 4 members (excludes halogenated alkanes) is 1. The highest BCUT2D eigenvalue weighted by Gasteiger charge is 2.26. The summed E-state index contributed by atoms with van der Waals surface area (Å²) >= 11 is 12.8. The molecule has 2 rings (SSSR count). The smallest absolute Gasteiger partial charge is 0.0621 e. The van der Waals surface area contributed by atoms with Crippen molar-refractivity contribution < 1.29 is 0 Å².